The zero-order valence-electron chi connectivity index (χ0n) is 24.2. The Bertz CT molecular complexity index is 1050. The Kier molecular flexibility index (Phi) is 10.9. The summed E-state index contributed by atoms with van der Waals surface area (Å²) in [6.45, 7) is 12.5. The number of carbonyl (C=O) groups excluding carboxylic acids is 4. The van der Waals surface area contributed by atoms with E-state index < -0.39 is 53.9 Å². The third kappa shape index (κ3) is 9.19. The first-order valence-electron chi connectivity index (χ1n) is 13.3. The highest BCUT2D eigenvalue weighted by molar-refractivity contribution is 6.00. The van der Waals surface area contributed by atoms with Crippen LogP contribution in [0.4, 0.5) is 4.39 Å². The highest BCUT2D eigenvalue weighted by atomic mass is 19.1. The first-order valence-corrected chi connectivity index (χ1v) is 13.3. The van der Waals surface area contributed by atoms with Crippen molar-refractivity contribution in [2.45, 2.75) is 91.1 Å². The molecule has 0 aromatic heterocycles. The molecule has 1 saturated heterocycles. The summed E-state index contributed by atoms with van der Waals surface area (Å²) in [6.07, 6.45) is -0.526. The number of likely N-dealkylation sites (tertiary alicyclic amines) is 1. The Hall–Kier alpha value is -3.21. The van der Waals surface area contributed by atoms with Crippen molar-refractivity contribution in [1.82, 2.24) is 20.4 Å². The van der Waals surface area contributed by atoms with Gasteiger partial charge >= 0.3 is 0 Å². The molecule has 10 nitrogen and oxygen atoms in total. The number of rotatable bonds is 10. The number of ether oxygens (including phenoxy) is 1. The molecule has 0 radical (unpaired) electrons. The molecule has 3 N–H and O–H groups in total. The molecule has 2 rings (SSSR count). The van der Waals surface area contributed by atoms with Crippen LogP contribution in [0.25, 0.3) is 0 Å². The number of aliphatic hydroxyl groups is 1. The van der Waals surface area contributed by atoms with Crippen LogP contribution in [0, 0.1) is 11.7 Å². The number of hydrogen-bond acceptors (Lipinski definition) is 6. The predicted molar refractivity (Wildman–Crippen MR) is 145 cm³/mol. The van der Waals surface area contributed by atoms with Gasteiger partial charge in [0.15, 0.2) is 6.61 Å². The number of benzene rings is 1. The number of nitrogens with zero attached hydrogens (tertiary/aromatic N) is 2. The summed E-state index contributed by atoms with van der Waals surface area (Å²) in [4.78, 5) is 55.1. The van der Waals surface area contributed by atoms with Gasteiger partial charge in [-0.25, -0.2) is 4.39 Å². The third-order valence-electron chi connectivity index (χ3n) is 6.34. The smallest absolute Gasteiger partial charge is 0.258 e. The van der Waals surface area contributed by atoms with Crippen molar-refractivity contribution in [3.63, 3.8) is 0 Å². The van der Waals surface area contributed by atoms with Crippen LogP contribution in [0.3, 0.4) is 0 Å². The van der Waals surface area contributed by atoms with Crippen LogP contribution in [-0.4, -0.2) is 88.5 Å². The van der Waals surface area contributed by atoms with Gasteiger partial charge in [0.05, 0.1) is 11.7 Å². The lowest BCUT2D eigenvalue weighted by atomic mass is 10.0. The minimum Gasteiger partial charge on any atom is -0.483 e. The molecular formula is C28H43FN4O6. The largest absolute Gasteiger partial charge is 0.483 e. The fourth-order valence-corrected chi connectivity index (χ4v) is 4.31. The van der Waals surface area contributed by atoms with Crippen LogP contribution in [-0.2, 0) is 14.4 Å². The van der Waals surface area contributed by atoms with Crippen LogP contribution in [0.1, 0.15) is 71.7 Å². The molecule has 11 heteroatoms. The average molecular weight is 551 g/mol. The number of aliphatic hydroxyl groups excluding tert-OH is 1. The predicted octanol–water partition coefficient (Wildman–Crippen LogP) is 2.09. The van der Waals surface area contributed by atoms with Crippen molar-refractivity contribution in [1.29, 1.82) is 0 Å². The number of carbonyl (C=O) groups is 4. The van der Waals surface area contributed by atoms with E-state index in [0.717, 1.165) is 12.1 Å². The van der Waals surface area contributed by atoms with E-state index in [1.165, 1.54) is 15.9 Å². The summed E-state index contributed by atoms with van der Waals surface area (Å²) in [6, 6.07) is 1.34. The molecule has 0 aliphatic carbocycles. The van der Waals surface area contributed by atoms with Gasteiger partial charge in [0, 0.05) is 31.6 Å². The van der Waals surface area contributed by atoms with Crippen LogP contribution in [0.5, 0.6) is 5.75 Å². The maximum atomic E-state index is 14.1. The van der Waals surface area contributed by atoms with Gasteiger partial charge in [0.25, 0.3) is 11.8 Å². The Morgan fingerprint density at radius 1 is 1.18 bits per heavy atom. The van der Waals surface area contributed by atoms with Crippen molar-refractivity contribution in [2.75, 3.05) is 20.2 Å². The van der Waals surface area contributed by atoms with E-state index >= 15 is 0 Å². The minimum atomic E-state index is -1.04. The summed E-state index contributed by atoms with van der Waals surface area (Å²) in [5, 5.41) is 15.7. The Morgan fingerprint density at radius 3 is 2.38 bits per heavy atom. The molecule has 1 aliphatic heterocycles. The van der Waals surface area contributed by atoms with Gasteiger partial charge in [-0.15, -0.1) is 0 Å². The van der Waals surface area contributed by atoms with Gasteiger partial charge in [-0.2, -0.15) is 0 Å². The van der Waals surface area contributed by atoms with Gasteiger partial charge in [0.1, 0.15) is 23.7 Å². The number of halogens is 1. The molecule has 0 bridgehead atoms. The average Bonchev–Trinajstić information content (AvgIpc) is 3.21. The monoisotopic (exact) mass is 550 g/mol. The van der Waals surface area contributed by atoms with E-state index in [2.05, 4.69) is 10.6 Å². The molecule has 3 atom stereocenters. The lowest BCUT2D eigenvalue weighted by Crippen LogP contribution is -2.54. The highest BCUT2D eigenvalue weighted by Gasteiger charge is 2.43. The van der Waals surface area contributed by atoms with Crippen LogP contribution in [0.2, 0.25) is 0 Å². The lowest BCUT2D eigenvalue weighted by Gasteiger charge is -2.32. The molecule has 218 valence electrons. The van der Waals surface area contributed by atoms with E-state index in [1.807, 2.05) is 48.5 Å². The minimum absolute atomic E-state index is 0.0106. The quantitative estimate of drug-likeness (QED) is 0.409. The maximum Gasteiger partial charge on any atom is 0.258 e. The molecule has 0 spiro atoms. The number of nitrogens with one attached hydrogen (secondary N) is 2. The zero-order chi connectivity index (χ0) is 29.7. The molecule has 4 amide bonds. The summed E-state index contributed by atoms with van der Waals surface area (Å²) in [5.41, 5.74) is -0.658. The van der Waals surface area contributed by atoms with Crippen LogP contribution >= 0.6 is 0 Å². The molecule has 1 aromatic rings. The topological polar surface area (TPSA) is 128 Å². The molecule has 0 saturated carbocycles. The van der Waals surface area contributed by atoms with Gasteiger partial charge in [0.2, 0.25) is 11.8 Å². The van der Waals surface area contributed by atoms with E-state index in [0.29, 0.717) is 0 Å². The van der Waals surface area contributed by atoms with E-state index in [4.69, 9.17) is 4.74 Å². The first kappa shape index (κ1) is 32.0. The van der Waals surface area contributed by atoms with E-state index in [9.17, 15) is 28.7 Å². The zero-order valence-corrected chi connectivity index (χ0v) is 24.2. The molecule has 1 aliphatic rings. The molecule has 1 aromatic carbocycles. The third-order valence-corrected chi connectivity index (χ3v) is 6.34. The van der Waals surface area contributed by atoms with E-state index in [1.54, 1.807) is 7.05 Å². The summed E-state index contributed by atoms with van der Waals surface area (Å²) in [5.74, 6) is -2.70. The number of amides is 4. The van der Waals surface area contributed by atoms with Gasteiger partial charge < -0.3 is 30.3 Å². The fraction of sp³-hybridized carbons (Fsp3) is 0.643. The van der Waals surface area contributed by atoms with Gasteiger partial charge in [-0.3, -0.25) is 19.2 Å². The van der Waals surface area contributed by atoms with Crippen molar-refractivity contribution >= 4 is 23.6 Å². The Balaban J connectivity index is 2.28. The Labute approximate surface area is 230 Å². The van der Waals surface area contributed by atoms with E-state index in [-0.39, 0.29) is 48.6 Å². The molecular weight excluding hydrogens is 507 g/mol. The van der Waals surface area contributed by atoms with Gasteiger partial charge in [-0.1, -0.05) is 13.8 Å². The normalized spacial score (nSPS) is 18.2. The standard InChI is InChI=1S/C28H43FN4O6/c1-16(2)11-21(26(37)33-14-19(34)13-22(33)27(38)32(8)17(3)4)30-25(36)20-12-18(29)9-10-23(20)39-15-24(35)31-28(5,6)7/h9-10,12,16-17,19,21-22,34H,11,13-15H2,1-8H3,(H,30,36)(H,31,35)/t19-,21+,22+/m0/s1. The van der Waals surface area contributed by atoms with Crippen molar-refractivity contribution in [3.8, 4) is 5.75 Å². The molecule has 1 fully saturated rings. The number of hydrogen-bond donors (Lipinski definition) is 3. The SMILES string of the molecule is CC(C)C[C@@H](NC(=O)c1cc(F)ccc1OCC(=O)NC(C)(C)C)C(=O)N1C[C@@H](O)C[C@@H]1C(=O)N(C)C(C)C. The second-order valence-electron chi connectivity index (χ2n) is 11.8. The van der Waals surface area contributed by atoms with Crippen molar-refractivity contribution in [2.24, 2.45) is 5.92 Å². The fourth-order valence-electron chi connectivity index (χ4n) is 4.31. The maximum absolute atomic E-state index is 14.1. The summed E-state index contributed by atoms with van der Waals surface area (Å²) < 4.78 is 19.7. The summed E-state index contributed by atoms with van der Waals surface area (Å²) in [7, 11) is 1.64. The molecule has 39 heavy (non-hydrogen) atoms. The summed E-state index contributed by atoms with van der Waals surface area (Å²) >= 11 is 0. The number of likely N-dealkylation sites (N-methyl/N-ethyl adjacent to an activating group) is 1. The van der Waals surface area contributed by atoms with Crippen molar-refractivity contribution < 1.29 is 33.4 Å². The van der Waals surface area contributed by atoms with Crippen molar-refractivity contribution in [3.05, 3.63) is 29.6 Å². The highest BCUT2D eigenvalue weighted by Crippen LogP contribution is 2.24. The van der Waals surface area contributed by atoms with Crippen LogP contribution < -0.4 is 15.4 Å². The van der Waals surface area contributed by atoms with Crippen LogP contribution in [0.15, 0.2) is 18.2 Å². The first-order chi connectivity index (χ1) is 18.0. The second-order valence-corrected chi connectivity index (χ2v) is 11.8. The molecule has 0 unspecified atom stereocenters. The Morgan fingerprint density at radius 2 is 1.82 bits per heavy atom. The number of β-amino-alcohol motifs (C(OH)–C–C–N with tert-alkyl or cyclic N) is 1. The second kappa shape index (κ2) is 13.2. The van der Waals surface area contributed by atoms with Gasteiger partial charge in [-0.05, 0) is 65.2 Å². The molecule has 1 heterocycles. The lowest BCUT2D eigenvalue weighted by molar-refractivity contribution is -0.145.